The van der Waals surface area contributed by atoms with Gasteiger partial charge in [-0.25, -0.2) is 4.98 Å². The first-order valence-corrected chi connectivity index (χ1v) is 8.88. The highest BCUT2D eigenvalue weighted by Gasteiger charge is 2.20. The van der Waals surface area contributed by atoms with Gasteiger partial charge >= 0.3 is 0 Å². The van der Waals surface area contributed by atoms with Crippen LogP contribution in [0.4, 0.5) is 5.82 Å². The average Bonchev–Trinajstić information content (AvgIpc) is 3.28. The number of halogens is 1. The van der Waals surface area contributed by atoms with Gasteiger partial charge < -0.3 is 32.3 Å². The van der Waals surface area contributed by atoms with Crippen molar-refractivity contribution < 1.29 is 27.0 Å². The fourth-order valence-corrected chi connectivity index (χ4v) is 3.47. The Morgan fingerprint density at radius 3 is 2.89 bits per heavy atom. The van der Waals surface area contributed by atoms with Crippen molar-refractivity contribution in [3.05, 3.63) is 42.1 Å². The summed E-state index contributed by atoms with van der Waals surface area (Å²) in [7, 11) is 1.54. The van der Waals surface area contributed by atoms with Crippen molar-refractivity contribution in [1.82, 2.24) is 9.38 Å². The quantitative estimate of drug-likeness (QED) is 0.670. The van der Waals surface area contributed by atoms with Crippen molar-refractivity contribution in [2.75, 3.05) is 25.6 Å². The van der Waals surface area contributed by atoms with Crippen LogP contribution in [0.5, 0.6) is 11.5 Å². The smallest absolute Gasteiger partial charge is 0.160 e. The van der Waals surface area contributed by atoms with Gasteiger partial charge in [-0.05, 0) is 50.1 Å². The first-order valence-electron chi connectivity index (χ1n) is 8.88. The summed E-state index contributed by atoms with van der Waals surface area (Å²) < 4.78 is 13.0. The van der Waals surface area contributed by atoms with E-state index in [1.807, 2.05) is 18.2 Å². The number of fused-ring (bicyclic) bond motifs is 1. The van der Waals surface area contributed by atoms with Gasteiger partial charge in [0.15, 0.2) is 11.5 Å². The number of rotatable bonds is 5. The molecule has 0 amide bonds. The number of aryl methyl sites for hydroxylation is 1. The summed E-state index contributed by atoms with van der Waals surface area (Å²) >= 11 is 0. The Kier molecular flexibility index (Phi) is 5.77. The van der Waals surface area contributed by atoms with Gasteiger partial charge in [0.05, 0.1) is 13.2 Å². The van der Waals surface area contributed by atoms with Gasteiger partial charge in [0, 0.05) is 24.4 Å². The van der Waals surface area contributed by atoms with E-state index in [-0.39, 0.29) is 24.3 Å². The first kappa shape index (κ1) is 19.3. The predicted molar refractivity (Wildman–Crippen MR) is 101 cm³/mol. The van der Waals surface area contributed by atoms with E-state index in [0.717, 1.165) is 54.4 Å². The number of pyridine rings is 1. The molecule has 0 bridgehead atoms. The predicted octanol–water partition coefficient (Wildman–Crippen LogP) is 0.619. The van der Waals surface area contributed by atoms with E-state index in [1.54, 1.807) is 12.1 Å². The Balaban J connectivity index is 0.00000210. The normalized spacial score (nSPS) is 16.3. The number of anilines is 1. The number of phenolic OH excluding ortho intramolecular Hbond substituents is 1. The zero-order chi connectivity index (χ0) is 18.1. The van der Waals surface area contributed by atoms with Crippen LogP contribution in [-0.2, 0) is 4.74 Å². The number of hydrogen-bond donors (Lipinski definition) is 2. The first-order chi connectivity index (χ1) is 12.7. The van der Waals surface area contributed by atoms with E-state index in [2.05, 4.69) is 22.7 Å². The van der Waals surface area contributed by atoms with Gasteiger partial charge in [-0.15, -0.1) is 0 Å². The molecule has 7 heteroatoms. The molecule has 27 heavy (non-hydrogen) atoms. The minimum absolute atomic E-state index is 0. The van der Waals surface area contributed by atoms with Crippen molar-refractivity contribution in [1.29, 1.82) is 0 Å². The summed E-state index contributed by atoms with van der Waals surface area (Å²) in [4.78, 5) is 4.79. The van der Waals surface area contributed by atoms with Crippen LogP contribution in [0.2, 0.25) is 0 Å². The summed E-state index contributed by atoms with van der Waals surface area (Å²) in [6, 6.07) is 11.4. The van der Waals surface area contributed by atoms with Crippen molar-refractivity contribution in [2.45, 2.75) is 25.9 Å². The molecule has 144 valence electrons. The Bertz CT molecular complexity index is 936. The molecule has 1 unspecified atom stereocenters. The van der Waals surface area contributed by atoms with Crippen LogP contribution in [0.25, 0.3) is 16.9 Å². The second-order valence-electron chi connectivity index (χ2n) is 6.57. The summed E-state index contributed by atoms with van der Waals surface area (Å²) in [5.41, 5.74) is 3.59. The lowest BCUT2D eigenvalue weighted by atomic mass is 10.1. The molecular formula is C20H23ClN3O3-. The Hall–Kier alpha value is -2.44. The molecule has 2 aromatic heterocycles. The molecule has 1 aromatic carbocycles. The highest BCUT2D eigenvalue weighted by atomic mass is 35.5. The molecular weight excluding hydrogens is 366 g/mol. The molecule has 1 saturated heterocycles. The van der Waals surface area contributed by atoms with Crippen LogP contribution in [0.1, 0.15) is 18.5 Å². The number of aromatic nitrogens is 2. The van der Waals surface area contributed by atoms with E-state index in [4.69, 9.17) is 14.5 Å². The molecule has 1 aliphatic rings. The maximum Gasteiger partial charge on any atom is 0.160 e. The monoisotopic (exact) mass is 388 g/mol. The molecule has 6 nitrogen and oxygen atoms in total. The third kappa shape index (κ3) is 3.68. The number of benzene rings is 1. The summed E-state index contributed by atoms with van der Waals surface area (Å²) in [5, 5.41) is 13.7. The van der Waals surface area contributed by atoms with Crippen LogP contribution in [0.3, 0.4) is 0 Å². The fourth-order valence-electron chi connectivity index (χ4n) is 3.47. The molecule has 0 radical (unpaired) electrons. The van der Waals surface area contributed by atoms with Crippen molar-refractivity contribution >= 4 is 11.5 Å². The van der Waals surface area contributed by atoms with Gasteiger partial charge in [0.2, 0.25) is 0 Å². The largest absolute Gasteiger partial charge is 1.00 e. The second-order valence-corrected chi connectivity index (χ2v) is 6.57. The standard InChI is InChI=1S/C20H23N3O3.ClH/c1-13-5-3-7-18-22-19(14-8-9-17(25-2)16(24)11-14)20(23(13)18)21-12-15-6-4-10-26-15;/h3,5,7-9,11,15,21,24H,4,6,10,12H2,1-2H3;1H/p-1. The molecule has 2 N–H and O–H groups in total. The molecule has 0 aliphatic carbocycles. The van der Waals surface area contributed by atoms with E-state index >= 15 is 0 Å². The number of ether oxygens (including phenoxy) is 2. The minimum Gasteiger partial charge on any atom is -1.00 e. The highest BCUT2D eigenvalue weighted by molar-refractivity contribution is 5.78. The Labute approximate surface area is 164 Å². The van der Waals surface area contributed by atoms with Crippen LogP contribution in [-0.4, -0.2) is 40.9 Å². The molecule has 3 aromatic rings. The zero-order valence-corrected chi connectivity index (χ0v) is 16.2. The van der Waals surface area contributed by atoms with Crippen molar-refractivity contribution in [3.8, 4) is 22.8 Å². The van der Waals surface area contributed by atoms with Crippen molar-refractivity contribution in [3.63, 3.8) is 0 Å². The number of nitrogens with zero attached hydrogens (tertiary/aromatic N) is 2. The molecule has 3 heterocycles. The number of hydrogen-bond acceptors (Lipinski definition) is 5. The summed E-state index contributed by atoms with van der Waals surface area (Å²) in [5.74, 6) is 1.46. The molecule has 0 saturated carbocycles. The lowest BCUT2D eigenvalue weighted by molar-refractivity contribution is -0.00000781. The second kappa shape index (κ2) is 8.06. The molecule has 1 atom stereocenters. The van der Waals surface area contributed by atoms with E-state index in [1.165, 1.54) is 7.11 Å². The molecule has 0 spiro atoms. The topological polar surface area (TPSA) is 68.0 Å². The fraction of sp³-hybridized carbons (Fsp3) is 0.350. The van der Waals surface area contributed by atoms with Gasteiger partial charge in [-0.2, -0.15) is 0 Å². The molecule has 4 rings (SSSR count). The number of aromatic hydroxyl groups is 1. The Morgan fingerprint density at radius 2 is 2.19 bits per heavy atom. The van der Waals surface area contributed by atoms with Gasteiger partial charge in [0.1, 0.15) is 17.2 Å². The lowest BCUT2D eigenvalue weighted by Crippen LogP contribution is -3.00. The zero-order valence-electron chi connectivity index (χ0n) is 15.4. The van der Waals surface area contributed by atoms with Crippen LogP contribution in [0, 0.1) is 6.92 Å². The lowest BCUT2D eigenvalue weighted by Gasteiger charge is -2.14. The highest BCUT2D eigenvalue weighted by Crippen LogP contribution is 2.35. The summed E-state index contributed by atoms with van der Waals surface area (Å²) in [6.45, 7) is 3.62. The van der Waals surface area contributed by atoms with Gasteiger partial charge in [-0.3, -0.25) is 4.40 Å². The Morgan fingerprint density at radius 1 is 1.33 bits per heavy atom. The van der Waals surface area contributed by atoms with E-state index in [9.17, 15) is 5.11 Å². The molecule has 1 aliphatic heterocycles. The maximum atomic E-state index is 10.2. The minimum atomic E-state index is 0. The van der Waals surface area contributed by atoms with Crippen LogP contribution >= 0.6 is 0 Å². The maximum absolute atomic E-state index is 10.2. The summed E-state index contributed by atoms with van der Waals surface area (Å²) in [6.07, 6.45) is 2.40. The third-order valence-electron chi connectivity index (χ3n) is 4.81. The van der Waals surface area contributed by atoms with E-state index in [0.29, 0.717) is 5.75 Å². The number of imidazole rings is 1. The number of phenols is 1. The van der Waals surface area contributed by atoms with Crippen molar-refractivity contribution in [2.24, 2.45) is 0 Å². The third-order valence-corrected chi connectivity index (χ3v) is 4.81. The number of nitrogens with one attached hydrogen (secondary N) is 1. The van der Waals surface area contributed by atoms with Gasteiger partial charge in [-0.1, -0.05) is 6.07 Å². The average molecular weight is 389 g/mol. The van der Waals surface area contributed by atoms with E-state index < -0.39 is 0 Å². The number of methoxy groups -OCH3 is 1. The van der Waals surface area contributed by atoms with Gasteiger partial charge in [0.25, 0.3) is 0 Å². The van der Waals surface area contributed by atoms with Crippen LogP contribution < -0.4 is 22.5 Å². The van der Waals surface area contributed by atoms with Crippen LogP contribution in [0.15, 0.2) is 36.4 Å². The molecule has 1 fully saturated rings. The SMILES string of the molecule is COc1ccc(-c2nc3cccc(C)n3c2NCC2CCCO2)cc1O.[Cl-].